The molecule has 0 saturated heterocycles. The quantitative estimate of drug-likeness (QED) is 0.889. The van der Waals surface area contributed by atoms with E-state index in [9.17, 15) is 4.21 Å². The number of hydrogen-bond acceptors (Lipinski definition) is 3. The Balaban J connectivity index is 1.96. The Morgan fingerprint density at radius 1 is 1.50 bits per heavy atom. The van der Waals surface area contributed by atoms with Crippen molar-refractivity contribution in [3.05, 3.63) is 29.8 Å². The molecule has 100 valence electrons. The first-order valence-electron chi connectivity index (χ1n) is 6.44. The van der Waals surface area contributed by atoms with Gasteiger partial charge >= 0.3 is 0 Å². The maximum Gasteiger partial charge on any atom is 0.124 e. The van der Waals surface area contributed by atoms with Crippen LogP contribution < -0.4 is 10.1 Å². The van der Waals surface area contributed by atoms with Crippen LogP contribution in [0.2, 0.25) is 0 Å². The second kappa shape index (κ2) is 6.34. The molecule has 3 unspecified atom stereocenters. The Hall–Kier alpha value is -0.870. The average molecular weight is 267 g/mol. The fraction of sp³-hybridized carbons (Fsp3) is 0.571. The molecule has 1 heterocycles. The van der Waals surface area contributed by atoms with Crippen LogP contribution in [0.5, 0.6) is 5.75 Å². The lowest BCUT2D eigenvalue weighted by molar-refractivity contribution is 0.245. The summed E-state index contributed by atoms with van der Waals surface area (Å²) in [5.41, 5.74) is 1.24. The van der Waals surface area contributed by atoms with Crippen molar-refractivity contribution in [2.24, 2.45) is 0 Å². The van der Waals surface area contributed by atoms with E-state index in [0.29, 0.717) is 12.1 Å². The van der Waals surface area contributed by atoms with Gasteiger partial charge in [0, 0.05) is 46.9 Å². The monoisotopic (exact) mass is 267 g/mol. The van der Waals surface area contributed by atoms with E-state index in [4.69, 9.17) is 4.74 Å². The van der Waals surface area contributed by atoms with E-state index in [1.807, 2.05) is 18.2 Å². The molecule has 0 aromatic heterocycles. The molecule has 1 aromatic carbocycles. The summed E-state index contributed by atoms with van der Waals surface area (Å²) in [6.07, 6.45) is 3.70. The van der Waals surface area contributed by atoms with Crippen molar-refractivity contribution < 1.29 is 8.95 Å². The van der Waals surface area contributed by atoms with Crippen molar-refractivity contribution in [1.82, 2.24) is 5.32 Å². The third-order valence-electron chi connectivity index (χ3n) is 3.28. The molecule has 0 bridgehead atoms. The number of rotatable bonds is 5. The molecule has 3 nitrogen and oxygen atoms in total. The van der Waals surface area contributed by atoms with Crippen molar-refractivity contribution in [3.63, 3.8) is 0 Å². The zero-order valence-corrected chi connectivity index (χ0v) is 11.8. The summed E-state index contributed by atoms with van der Waals surface area (Å²) in [5.74, 6) is 1.76. The van der Waals surface area contributed by atoms with Gasteiger partial charge in [-0.1, -0.05) is 18.2 Å². The van der Waals surface area contributed by atoms with Gasteiger partial charge in [0.2, 0.25) is 0 Å². The molecule has 2 rings (SSSR count). The summed E-state index contributed by atoms with van der Waals surface area (Å²) < 4.78 is 16.7. The molecule has 1 aliphatic rings. The van der Waals surface area contributed by atoms with Crippen LogP contribution in [0, 0.1) is 0 Å². The van der Waals surface area contributed by atoms with Crippen molar-refractivity contribution in [2.75, 3.05) is 18.6 Å². The summed E-state index contributed by atoms with van der Waals surface area (Å²) >= 11 is 0. The van der Waals surface area contributed by atoms with Gasteiger partial charge in [-0.2, -0.15) is 0 Å². The minimum Gasteiger partial charge on any atom is -0.493 e. The number of fused-ring (bicyclic) bond motifs is 1. The van der Waals surface area contributed by atoms with E-state index in [-0.39, 0.29) is 0 Å². The first kappa shape index (κ1) is 13.6. The van der Waals surface area contributed by atoms with Gasteiger partial charge in [0.25, 0.3) is 0 Å². The summed E-state index contributed by atoms with van der Waals surface area (Å²) in [6.45, 7) is 2.92. The number of ether oxygens (including phenoxy) is 1. The van der Waals surface area contributed by atoms with Gasteiger partial charge in [0.1, 0.15) is 5.75 Å². The standard InChI is InChI=1S/C14H21NO2S/c1-11(8-10-18(2)16)15-13-7-9-17-14-6-4-3-5-12(13)14/h3-6,11,13,15H,7-10H2,1-2H3. The van der Waals surface area contributed by atoms with Gasteiger partial charge in [0.05, 0.1) is 6.61 Å². The first-order chi connectivity index (χ1) is 8.66. The molecule has 1 aliphatic heterocycles. The summed E-state index contributed by atoms with van der Waals surface area (Å²) in [7, 11) is -0.703. The van der Waals surface area contributed by atoms with Crippen LogP contribution in [0.3, 0.4) is 0 Å². The lowest BCUT2D eigenvalue weighted by Crippen LogP contribution is -2.34. The van der Waals surface area contributed by atoms with E-state index in [1.165, 1.54) is 5.56 Å². The predicted molar refractivity (Wildman–Crippen MR) is 75.4 cm³/mol. The maximum atomic E-state index is 11.1. The molecule has 0 spiro atoms. The van der Waals surface area contributed by atoms with Crippen LogP contribution in [0.25, 0.3) is 0 Å². The average Bonchev–Trinajstić information content (AvgIpc) is 2.37. The highest BCUT2D eigenvalue weighted by Crippen LogP contribution is 2.31. The van der Waals surface area contributed by atoms with Crippen LogP contribution in [0.15, 0.2) is 24.3 Å². The molecule has 0 saturated carbocycles. The van der Waals surface area contributed by atoms with Crippen molar-refractivity contribution in [3.8, 4) is 5.75 Å². The topological polar surface area (TPSA) is 38.3 Å². The second-order valence-electron chi connectivity index (χ2n) is 4.86. The highest BCUT2D eigenvalue weighted by atomic mass is 32.2. The Morgan fingerprint density at radius 3 is 3.06 bits per heavy atom. The summed E-state index contributed by atoms with van der Waals surface area (Å²) in [4.78, 5) is 0. The number of benzene rings is 1. The third-order valence-corrected chi connectivity index (χ3v) is 4.09. The number of para-hydroxylation sites is 1. The summed E-state index contributed by atoms with van der Waals surface area (Å²) in [6, 6.07) is 8.94. The molecule has 1 aromatic rings. The van der Waals surface area contributed by atoms with E-state index in [1.54, 1.807) is 6.26 Å². The molecule has 3 atom stereocenters. The van der Waals surface area contributed by atoms with Crippen LogP contribution in [-0.4, -0.2) is 28.9 Å². The Labute approximate surface area is 111 Å². The van der Waals surface area contributed by atoms with Gasteiger partial charge in [-0.25, -0.2) is 0 Å². The zero-order valence-electron chi connectivity index (χ0n) is 11.0. The summed E-state index contributed by atoms with van der Waals surface area (Å²) in [5, 5.41) is 3.62. The fourth-order valence-corrected chi connectivity index (χ4v) is 2.97. The highest BCUT2D eigenvalue weighted by Gasteiger charge is 2.21. The van der Waals surface area contributed by atoms with Crippen LogP contribution >= 0.6 is 0 Å². The molecule has 4 heteroatoms. The van der Waals surface area contributed by atoms with Gasteiger partial charge in [-0.3, -0.25) is 4.21 Å². The number of nitrogens with one attached hydrogen (secondary N) is 1. The molecule has 1 N–H and O–H groups in total. The zero-order chi connectivity index (χ0) is 13.0. The van der Waals surface area contributed by atoms with Gasteiger partial charge in [-0.15, -0.1) is 0 Å². The molecule has 0 aliphatic carbocycles. The van der Waals surface area contributed by atoms with E-state index >= 15 is 0 Å². The SMILES string of the molecule is CC(CCS(C)=O)NC1CCOc2ccccc21. The lowest BCUT2D eigenvalue weighted by atomic mass is 9.99. The lowest BCUT2D eigenvalue weighted by Gasteiger charge is -2.29. The van der Waals surface area contributed by atoms with Gasteiger partial charge in [-0.05, 0) is 19.4 Å². The van der Waals surface area contributed by atoms with E-state index in [0.717, 1.165) is 31.0 Å². The van der Waals surface area contributed by atoms with Crippen molar-refractivity contribution >= 4 is 10.8 Å². The molecule has 18 heavy (non-hydrogen) atoms. The smallest absolute Gasteiger partial charge is 0.124 e. The number of hydrogen-bond donors (Lipinski definition) is 1. The van der Waals surface area contributed by atoms with Gasteiger partial charge in [0.15, 0.2) is 0 Å². The highest BCUT2D eigenvalue weighted by molar-refractivity contribution is 7.84. The van der Waals surface area contributed by atoms with Crippen LogP contribution in [0.1, 0.15) is 31.4 Å². The Morgan fingerprint density at radius 2 is 2.28 bits per heavy atom. The molecule has 0 amide bonds. The van der Waals surface area contributed by atoms with Crippen LogP contribution in [0.4, 0.5) is 0 Å². The minimum atomic E-state index is -0.703. The van der Waals surface area contributed by atoms with Gasteiger partial charge < -0.3 is 10.1 Å². The molecule has 0 fully saturated rings. The molecule has 0 radical (unpaired) electrons. The van der Waals surface area contributed by atoms with E-state index in [2.05, 4.69) is 18.3 Å². The fourth-order valence-electron chi connectivity index (χ4n) is 2.28. The molecular formula is C14H21NO2S. The van der Waals surface area contributed by atoms with Crippen molar-refractivity contribution in [1.29, 1.82) is 0 Å². The second-order valence-corrected chi connectivity index (χ2v) is 6.42. The Kier molecular flexibility index (Phi) is 4.78. The van der Waals surface area contributed by atoms with Crippen molar-refractivity contribution in [2.45, 2.75) is 31.8 Å². The first-order valence-corrected chi connectivity index (χ1v) is 8.17. The normalized spacial score (nSPS) is 21.8. The van der Waals surface area contributed by atoms with E-state index < -0.39 is 10.8 Å². The third kappa shape index (κ3) is 3.56. The van der Waals surface area contributed by atoms with Crippen LogP contribution in [-0.2, 0) is 10.8 Å². The molecular weight excluding hydrogens is 246 g/mol. The minimum absolute atomic E-state index is 0.357. The predicted octanol–water partition coefficient (Wildman–Crippen LogP) is 2.26. The largest absolute Gasteiger partial charge is 0.493 e. The Bertz CT molecular complexity index is 422. The maximum absolute atomic E-state index is 11.1.